The maximum absolute atomic E-state index is 12.3. The van der Waals surface area contributed by atoms with Crippen molar-refractivity contribution in [3.05, 3.63) is 60.2 Å². The summed E-state index contributed by atoms with van der Waals surface area (Å²) in [6.07, 6.45) is -2.24. The first-order chi connectivity index (χ1) is 11.9. The lowest BCUT2D eigenvalue weighted by Gasteiger charge is -2.14. The van der Waals surface area contributed by atoms with Crippen molar-refractivity contribution >= 4 is 11.7 Å². The van der Waals surface area contributed by atoms with Crippen molar-refractivity contribution in [2.75, 3.05) is 11.9 Å². The number of rotatable bonds is 7. The molecule has 0 aliphatic rings. The van der Waals surface area contributed by atoms with Crippen LogP contribution in [0, 0.1) is 0 Å². The number of amides is 2. The second-order valence-corrected chi connectivity index (χ2v) is 5.37. The van der Waals surface area contributed by atoms with E-state index in [-0.39, 0.29) is 5.69 Å². The molecule has 7 heteroatoms. The number of hydrogen-bond acceptors (Lipinski definition) is 2. The number of unbranched alkanes of at least 4 members (excludes halogenated alkanes) is 1. The van der Waals surface area contributed by atoms with Crippen LogP contribution in [0.2, 0.25) is 0 Å². The van der Waals surface area contributed by atoms with E-state index in [9.17, 15) is 18.0 Å². The summed E-state index contributed by atoms with van der Waals surface area (Å²) >= 11 is 0. The fraction of sp³-hybridized carbons (Fsp3) is 0.278. The lowest BCUT2D eigenvalue weighted by Crippen LogP contribution is -2.30. The third-order valence-electron chi connectivity index (χ3n) is 3.38. The van der Waals surface area contributed by atoms with Gasteiger partial charge in [0.05, 0.1) is 5.69 Å². The highest BCUT2D eigenvalue weighted by molar-refractivity contribution is 5.90. The minimum absolute atomic E-state index is 0.0402. The molecule has 2 aromatic rings. The number of urea groups is 1. The van der Waals surface area contributed by atoms with Gasteiger partial charge in [-0.3, -0.25) is 0 Å². The summed E-state index contributed by atoms with van der Waals surface area (Å²) in [5.74, 6) is -0.450. The molecule has 134 valence electrons. The van der Waals surface area contributed by atoms with Gasteiger partial charge in [-0.2, -0.15) is 0 Å². The average molecular weight is 352 g/mol. The predicted octanol–water partition coefficient (Wildman–Crippen LogP) is 4.73. The third kappa shape index (κ3) is 7.15. The Kier molecular flexibility index (Phi) is 6.68. The molecule has 0 saturated heterocycles. The number of halogens is 3. The maximum Gasteiger partial charge on any atom is 0.573 e. The Hall–Kier alpha value is -2.70. The van der Waals surface area contributed by atoms with Crippen LogP contribution in [0.25, 0.3) is 0 Å². The number of para-hydroxylation sites is 2. The molecule has 2 aromatic carbocycles. The van der Waals surface area contributed by atoms with E-state index in [0.717, 1.165) is 25.3 Å². The lowest BCUT2D eigenvalue weighted by atomic mass is 10.1. The number of carbonyl (C=O) groups is 1. The van der Waals surface area contributed by atoms with Crippen LogP contribution in [0.5, 0.6) is 5.75 Å². The summed E-state index contributed by atoms with van der Waals surface area (Å²) in [5.41, 5.74) is 1.19. The Balaban J connectivity index is 1.73. The Morgan fingerprint density at radius 1 is 0.960 bits per heavy atom. The van der Waals surface area contributed by atoms with E-state index < -0.39 is 18.1 Å². The number of aryl methyl sites for hydroxylation is 1. The highest BCUT2D eigenvalue weighted by atomic mass is 19.4. The van der Waals surface area contributed by atoms with Gasteiger partial charge in [0.25, 0.3) is 0 Å². The molecule has 0 unspecified atom stereocenters. The molecule has 0 atom stereocenters. The summed E-state index contributed by atoms with van der Waals surface area (Å²) in [5, 5.41) is 4.99. The van der Waals surface area contributed by atoms with E-state index in [0.29, 0.717) is 6.54 Å². The van der Waals surface area contributed by atoms with Crippen LogP contribution in [0.1, 0.15) is 18.4 Å². The molecule has 0 bridgehead atoms. The zero-order valence-corrected chi connectivity index (χ0v) is 13.5. The van der Waals surface area contributed by atoms with Crippen molar-refractivity contribution in [2.45, 2.75) is 25.6 Å². The smallest absolute Gasteiger partial charge is 0.404 e. The second kappa shape index (κ2) is 8.96. The van der Waals surface area contributed by atoms with Crippen LogP contribution in [-0.4, -0.2) is 18.9 Å². The Bertz CT molecular complexity index is 676. The SMILES string of the molecule is O=C(NCCCCc1ccccc1)Nc1ccccc1OC(F)(F)F. The van der Waals surface area contributed by atoms with Gasteiger partial charge in [0.15, 0.2) is 5.75 Å². The maximum atomic E-state index is 12.3. The van der Waals surface area contributed by atoms with E-state index in [1.54, 1.807) is 0 Å². The predicted molar refractivity (Wildman–Crippen MR) is 89.5 cm³/mol. The largest absolute Gasteiger partial charge is 0.573 e. The first-order valence-corrected chi connectivity index (χ1v) is 7.87. The molecular weight excluding hydrogens is 333 g/mol. The van der Waals surface area contributed by atoms with Crippen LogP contribution >= 0.6 is 0 Å². The molecule has 0 aliphatic carbocycles. The summed E-state index contributed by atoms with van der Waals surface area (Å²) < 4.78 is 40.9. The van der Waals surface area contributed by atoms with Crippen molar-refractivity contribution < 1.29 is 22.7 Å². The summed E-state index contributed by atoms with van der Waals surface area (Å²) in [7, 11) is 0. The highest BCUT2D eigenvalue weighted by Gasteiger charge is 2.32. The zero-order valence-electron chi connectivity index (χ0n) is 13.5. The quantitative estimate of drug-likeness (QED) is 0.708. The van der Waals surface area contributed by atoms with E-state index in [1.807, 2.05) is 30.3 Å². The van der Waals surface area contributed by atoms with Crippen LogP contribution in [0.4, 0.5) is 23.7 Å². The van der Waals surface area contributed by atoms with Crippen molar-refractivity contribution in [1.82, 2.24) is 5.32 Å². The average Bonchev–Trinajstić information content (AvgIpc) is 2.56. The van der Waals surface area contributed by atoms with Gasteiger partial charge in [-0.15, -0.1) is 13.2 Å². The number of hydrogen-bond donors (Lipinski definition) is 2. The van der Waals surface area contributed by atoms with Crippen LogP contribution in [0.3, 0.4) is 0 Å². The fourth-order valence-electron chi connectivity index (χ4n) is 2.25. The fourth-order valence-corrected chi connectivity index (χ4v) is 2.25. The second-order valence-electron chi connectivity index (χ2n) is 5.37. The molecule has 2 rings (SSSR count). The Labute approximate surface area is 144 Å². The van der Waals surface area contributed by atoms with E-state index in [1.165, 1.54) is 23.8 Å². The van der Waals surface area contributed by atoms with Crippen molar-refractivity contribution in [3.8, 4) is 5.75 Å². The summed E-state index contributed by atoms with van der Waals surface area (Å²) in [4.78, 5) is 11.8. The molecule has 0 fully saturated rings. The van der Waals surface area contributed by atoms with Crippen LogP contribution in [0.15, 0.2) is 54.6 Å². The van der Waals surface area contributed by atoms with Gasteiger partial charge in [0.1, 0.15) is 0 Å². The molecule has 0 radical (unpaired) electrons. The Morgan fingerprint density at radius 3 is 2.36 bits per heavy atom. The minimum Gasteiger partial charge on any atom is -0.404 e. The summed E-state index contributed by atoms with van der Waals surface area (Å²) in [6, 6.07) is 14.8. The van der Waals surface area contributed by atoms with Gasteiger partial charge in [-0.05, 0) is 37.0 Å². The third-order valence-corrected chi connectivity index (χ3v) is 3.38. The first kappa shape index (κ1) is 18.6. The number of benzene rings is 2. The van der Waals surface area contributed by atoms with Gasteiger partial charge in [-0.1, -0.05) is 42.5 Å². The molecule has 2 amide bonds. The zero-order chi connectivity index (χ0) is 18.1. The van der Waals surface area contributed by atoms with Gasteiger partial charge >= 0.3 is 12.4 Å². The van der Waals surface area contributed by atoms with E-state index in [4.69, 9.17) is 0 Å². The number of alkyl halides is 3. The molecule has 0 spiro atoms. The topological polar surface area (TPSA) is 50.4 Å². The molecule has 0 heterocycles. The van der Waals surface area contributed by atoms with Crippen molar-refractivity contribution in [2.24, 2.45) is 0 Å². The van der Waals surface area contributed by atoms with Gasteiger partial charge in [0.2, 0.25) is 0 Å². The molecule has 25 heavy (non-hydrogen) atoms. The van der Waals surface area contributed by atoms with E-state index >= 15 is 0 Å². The normalized spacial score (nSPS) is 11.0. The summed E-state index contributed by atoms with van der Waals surface area (Å²) in [6.45, 7) is 0.432. The van der Waals surface area contributed by atoms with Crippen molar-refractivity contribution in [3.63, 3.8) is 0 Å². The highest BCUT2D eigenvalue weighted by Crippen LogP contribution is 2.29. The number of nitrogens with one attached hydrogen (secondary N) is 2. The minimum atomic E-state index is -4.81. The van der Waals surface area contributed by atoms with Crippen molar-refractivity contribution in [1.29, 1.82) is 0 Å². The van der Waals surface area contributed by atoms with Gasteiger partial charge in [0, 0.05) is 6.54 Å². The number of anilines is 1. The molecule has 0 saturated carbocycles. The van der Waals surface area contributed by atoms with E-state index in [2.05, 4.69) is 15.4 Å². The van der Waals surface area contributed by atoms with Gasteiger partial charge in [-0.25, -0.2) is 4.79 Å². The molecule has 4 nitrogen and oxygen atoms in total. The lowest BCUT2D eigenvalue weighted by molar-refractivity contribution is -0.274. The number of ether oxygens (including phenoxy) is 1. The van der Waals surface area contributed by atoms with Crippen LogP contribution in [-0.2, 0) is 6.42 Å². The first-order valence-electron chi connectivity index (χ1n) is 7.87. The van der Waals surface area contributed by atoms with Crippen LogP contribution < -0.4 is 15.4 Å². The molecule has 0 aliphatic heterocycles. The monoisotopic (exact) mass is 352 g/mol. The molecular formula is C18H19F3N2O2. The Morgan fingerprint density at radius 2 is 1.64 bits per heavy atom. The number of carbonyl (C=O) groups excluding carboxylic acids is 1. The molecule has 2 N–H and O–H groups in total. The standard InChI is InChI=1S/C18H19F3N2O2/c19-18(20,21)25-16-12-5-4-11-15(16)23-17(24)22-13-7-6-10-14-8-2-1-3-9-14/h1-5,8-9,11-12H,6-7,10,13H2,(H2,22,23,24). The molecule has 0 aromatic heterocycles. The van der Waals surface area contributed by atoms with Gasteiger partial charge < -0.3 is 15.4 Å².